The number of rotatable bonds is 55. The summed E-state index contributed by atoms with van der Waals surface area (Å²) in [4.78, 5) is 23.3. The quantitative estimate of drug-likeness (QED) is 0.0243. The van der Waals surface area contributed by atoms with Gasteiger partial charge in [0.2, 0.25) is 5.91 Å². The number of carbonyl (C=O) groups excluding carboxylic acids is 1. The van der Waals surface area contributed by atoms with Crippen LogP contribution in [0.1, 0.15) is 303 Å². The van der Waals surface area contributed by atoms with Crippen LogP contribution in [-0.2, 0) is 18.4 Å². The number of aliphatic hydroxyl groups is 1. The number of nitrogens with zero attached hydrogens (tertiary/aromatic N) is 1. The van der Waals surface area contributed by atoms with Gasteiger partial charge < -0.3 is 19.8 Å². The number of allylic oxidation sites excluding steroid dienone is 1. The molecule has 0 aromatic carbocycles. The zero-order valence-corrected chi connectivity index (χ0v) is 46.6. The molecule has 0 fully saturated rings. The second-order valence-electron chi connectivity index (χ2n) is 21.7. The van der Waals surface area contributed by atoms with Gasteiger partial charge in [-0.3, -0.25) is 13.8 Å². The smallest absolute Gasteiger partial charge is 0.387 e. The van der Waals surface area contributed by atoms with Gasteiger partial charge in [0, 0.05) is 6.42 Å². The van der Waals surface area contributed by atoms with E-state index in [4.69, 9.17) is 9.05 Å². The van der Waals surface area contributed by atoms with E-state index < -0.39 is 20.0 Å². The Hall–Kier alpha value is -0.760. The van der Waals surface area contributed by atoms with E-state index >= 15 is 0 Å². The van der Waals surface area contributed by atoms with Crippen molar-refractivity contribution in [1.82, 2.24) is 5.32 Å². The van der Waals surface area contributed by atoms with Crippen molar-refractivity contribution in [2.45, 2.75) is 315 Å². The molecule has 0 saturated heterocycles. The maximum Gasteiger partial charge on any atom is 0.472 e. The molecular formula is C58H118N2O6P+. The lowest BCUT2D eigenvalue weighted by Gasteiger charge is -2.25. The average molecular weight is 971 g/mol. The molecule has 0 aromatic heterocycles. The Morgan fingerprint density at radius 1 is 0.493 bits per heavy atom. The molecule has 1 amide bonds. The summed E-state index contributed by atoms with van der Waals surface area (Å²) in [5.41, 5.74) is 0. The van der Waals surface area contributed by atoms with E-state index in [-0.39, 0.29) is 19.1 Å². The molecule has 0 aromatic rings. The molecule has 0 radical (unpaired) electrons. The van der Waals surface area contributed by atoms with Crippen LogP contribution >= 0.6 is 7.82 Å². The van der Waals surface area contributed by atoms with E-state index in [0.29, 0.717) is 17.4 Å². The molecule has 8 nitrogen and oxygen atoms in total. The van der Waals surface area contributed by atoms with Crippen molar-refractivity contribution in [3.8, 4) is 0 Å². The maximum absolute atomic E-state index is 13.0. The van der Waals surface area contributed by atoms with Crippen molar-refractivity contribution >= 4 is 13.7 Å². The van der Waals surface area contributed by atoms with Gasteiger partial charge in [0.15, 0.2) is 0 Å². The normalized spacial score (nSPS) is 14.0. The first-order valence-corrected chi connectivity index (χ1v) is 31.1. The summed E-state index contributed by atoms with van der Waals surface area (Å²) in [5, 5.41) is 13.9. The van der Waals surface area contributed by atoms with E-state index in [1.165, 1.54) is 250 Å². The molecule has 0 aliphatic rings. The number of carbonyl (C=O) groups is 1. The minimum atomic E-state index is -4.34. The molecule has 0 heterocycles. The number of hydrogen-bond acceptors (Lipinski definition) is 5. The SMILES string of the molecule is CCCCCCCCCCCCCCCC/C=C/[C@@H](O)[C@H](COP(=O)(O)OCC[N+](C)(C)C)NC(=O)CCCCCCCCCCCCCCCCCCCCCCCCCCCCCCC. The summed E-state index contributed by atoms with van der Waals surface area (Å²) < 4.78 is 23.7. The third-order valence-electron chi connectivity index (χ3n) is 13.8. The molecule has 3 atom stereocenters. The fraction of sp³-hybridized carbons (Fsp3) is 0.948. The molecule has 0 bridgehead atoms. The van der Waals surface area contributed by atoms with E-state index in [1.54, 1.807) is 6.08 Å². The number of hydrogen-bond donors (Lipinski definition) is 3. The fourth-order valence-corrected chi connectivity index (χ4v) is 9.84. The summed E-state index contributed by atoms with van der Waals surface area (Å²) in [6.45, 7) is 4.86. The van der Waals surface area contributed by atoms with E-state index in [9.17, 15) is 19.4 Å². The van der Waals surface area contributed by atoms with Gasteiger partial charge in [-0.1, -0.05) is 289 Å². The second-order valence-corrected chi connectivity index (χ2v) is 23.2. The number of amides is 1. The summed E-state index contributed by atoms with van der Waals surface area (Å²) in [7, 11) is 1.59. The number of phosphoric acid groups is 1. The van der Waals surface area contributed by atoms with Gasteiger partial charge in [-0.2, -0.15) is 0 Å². The van der Waals surface area contributed by atoms with Crippen LogP contribution in [0.5, 0.6) is 0 Å². The summed E-state index contributed by atoms with van der Waals surface area (Å²) >= 11 is 0. The standard InChI is InChI=1S/C58H117N2O6P/c1-6-8-10-12-14-16-18-20-22-24-25-26-27-28-29-30-31-32-33-34-35-36-38-40-42-44-46-48-50-52-58(62)59-56(55-66-67(63,64)65-54-53-60(3,4)5)57(61)51-49-47-45-43-41-39-37-23-21-19-17-15-13-11-9-7-2/h49,51,56-57,61H,6-48,50,52-55H2,1-5H3,(H-,59,62,63,64)/p+1/b51-49+/t56-,57+/m0/s1. The predicted molar refractivity (Wildman–Crippen MR) is 291 cm³/mol. The molecule has 0 aliphatic heterocycles. The molecule has 1 unspecified atom stereocenters. The van der Waals surface area contributed by atoms with Gasteiger partial charge in [-0.25, -0.2) is 4.57 Å². The Kier molecular flexibility index (Phi) is 49.6. The van der Waals surface area contributed by atoms with Gasteiger partial charge in [0.25, 0.3) is 0 Å². The van der Waals surface area contributed by atoms with Crippen molar-refractivity contribution in [3.05, 3.63) is 12.2 Å². The lowest BCUT2D eigenvalue weighted by molar-refractivity contribution is -0.870. The number of aliphatic hydroxyl groups excluding tert-OH is 1. The highest BCUT2D eigenvalue weighted by atomic mass is 31.2. The van der Waals surface area contributed by atoms with Gasteiger partial charge >= 0.3 is 7.82 Å². The molecule has 67 heavy (non-hydrogen) atoms. The zero-order valence-electron chi connectivity index (χ0n) is 45.7. The van der Waals surface area contributed by atoms with E-state index in [0.717, 1.165) is 32.1 Å². The molecule has 9 heteroatoms. The molecule has 0 saturated carbocycles. The molecule has 0 aliphatic carbocycles. The molecule has 3 N–H and O–H groups in total. The van der Waals surface area contributed by atoms with Crippen LogP contribution in [0, 0.1) is 0 Å². The van der Waals surface area contributed by atoms with Crippen LogP contribution < -0.4 is 5.32 Å². The predicted octanol–water partition coefficient (Wildman–Crippen LogP) is 17.8. The van der Waals surface area contributed by atoms with Crippen molar-refractivity contribution < 1.29 is 32.9 Å². The Labute approximate surface area is 418 Å². The highest BCUT2D eigenvalue weighted by Gasteiger charge is 2.27. The fourth-order valence-electron chi connectivity index (χ4n) is 9.10. The first-order valence-electron chi connectivity index (χ1n) is 29.6. The lowest BCUT2D eigenvalue weighted by atomic mass is 10.0. The summed E-state index contributed by atoms with van der Waals surface area (Å²) in [5.74, 6) is -0.170. The second kappa shape index (κ2) is 50.2. The third kappa shape index (κ3) is 52.9. The molecule has 0 spiro atoms. The number of quaternary nitrogens is 1. The van der Waals surface area contributed by atoms with Gasteiger partial charge in [-0.05, 0) is 19.3 Å². The molecular weight excluding hydrogens is 852 g/mol. The highest BCUT2D eigenvalue weighted by Crippen LogP contribution is 2.43. The highest BCUT2D eigenvalue weighted by molar-refractivity contribution is 7.47. The van der Waals surface area contributed by atoms with Gasteiger partial charge in [-0.15, -0.1) is 0 Å². The van der Waals surface area contributed by atoms with Crippen molar-refractivity contribution in [2.24, 2.45) is 0 Å². The third-order valence-corrected chi connectivity index (χ3v) is 14.7. The number of likely N-dealkylation sites (N-methyl/N-ethyl adjacent to an activating group) is 1. The van der Waals surface area contributed by atoms with Gasteiger partial charge in [0.05, 0.1) is 39.9 Å². The van der Waals surface area contributed by atoms with Crippen molar-refractivity contribution in [1.29, 1.82) is 0 Å². The summed E-state index contributed by atoms with van der Waals surface area (Å²) in [6.07, 6.45) is 61.8. The van der Waals surface area contributed by atoms with Crippen LogP contribution in [0.2, 0.25) is 0 Å². The Morgan fingerprint density at radius 2 is 0.791 bits per heavy atom. The first kappa shape index (κ1) is 66.2. The Morgan fingerprint density at radius 3 is 1.10 bits per heavy atom. The average Bonchev–Trinajstić information content (AvgIpc) is 3.29. The number of phosphoric ester groups is 1. The Bertz CT molecular complexity index is 1100. The maximum atomic E-state index is 13.0. The molecule has 400 valence electrons. The van der Waals surface area contributed by atoms with Crippen molar-refractivity contribution in [2.75, 3.05) is 40.9 Å². The monoisotopic (exact) mass is 970 g/mol. The van der Waals surface area contributed by atoms with Crippen molar-refractivity contribution in [3.63, 3.8) is 0 Å². The minimum Gasteiger partial charge on any atom is -0.387 e. The van der Waals surface area contributed by atoms with Crippen LogP contribution in [0.15, 0.2) is 12.2 Å². The van der Waals surface area contributed by atoms with Gasteiger partial charge in [0.1, 0.15) is 13.2 Å². The topological polar surface area (TPSA) is 105 Å². The first-order chi connectivity index (χ1) is 32.5. The zero-order chi connectivity index (χ0) is 49.2. The van der Waals surface area contributed by atoms with E-state index in [1.807, 2.05) is 27.2 Å². The van der Waals surface area contributed by atoms with Crippen LogP contribution in [-0.4, -0.2) is 73.4 Å². The summed E-state index contributed by atoms with van der Waals surface area (Å²) in [6, 6.07) is -0.841. The molecule has 0 rings (SSSR count). The lowest BCUT2D eigenvalue weighted by Crippen LogP contribution is -2.45. The van der Waals surface area contributed by atoms with Crippen LogP contribution in [0.4, 0.5) is 0 Å². The van der Waals surface area contributed by atoms with E-state index in [2.05, 4.69) is 19.2 Å². The minimum absolute atomic E-state index is 0.0651. The largest absolute Gasteiger partial charge is 0.472 e. The van der Waals surface area contributed by atoms with Crippen LogP contribution in [0.3, 0.4) is 0 Å². The Balaban J connectivity index is 4.06. The van der Waals surface area contributed by atoms with Crippen LogP contribution in [0.25, 0.3) is 0 Å². The number of unbranched alkanes of at least 4 members (excludes halogenated alkanes) is 42. The number of nitrogens with one attached hydrogen (secondary N) is 1.